The molecule has 0 aliphatic carbocycles. The number of rotatable bonds is 1. The number of piperidine rings is 1. The lowest BCUT2D eigenvalue weighted by molar-refractivity contribution is 0.0270. The summed E-state index contributed by atoms with van der Waals surface area (Å²) in [5, 5.41) is 3.52. The van der Waals surface area contributed by atoms with E-state index in [0.29, 0.717) is 12.1 Å². The van der Waals surface area contributed by atoms with Crippen molar-refractivity contribution in [3.8, 4) is 0 Å². The van der Waals surface area contributed by atoms with Gasteiger partial charge in [0.15, 0.2) is 0 Å². The zero-order valence-corrected chi connectivity index (χ0v) is 10.4. The molecule has 88 valence electrons. The number of hydrogen-bond acceptors (Lipinski definition) is 3. The lowest BCUT2D eigenvalue weighted by Crippen LogP contribution is -2.59. The van der Waals surface area contributed by atoms with Gasteiger partial charge in [-0.2, -0.15) is 0 Å². The Kier molecular flexibility index (Phi) is 3.65. The normalized spacial score (nSPS) is 40.6. The van der Waals surface area contributed by atoms with Crippen LogP contribution in [0.5, 0.6) is 0 Å². The fraction of sp³-hybridized carbons (Fsp3) is 1.00. The minimum absolute atomic E-state index is 0.704. The van der Waals surface area contributed by atoms with Crippen LogP contribution in [0.4, 0.5) is 0 Å². The van der Waals surface area contributed by atoms with Crippen molar-refractivity contribution in [3.63, 3.8) is 0 Å². The highest BCUT2D eigenvalue weighted by atomic mass is 15.3. The third-order valence-electron chi connectivity index (χ3n) is 4.18. The third kappa shape index (κ3) is 2.52. The predicted molar refractivity (Wildman–Crippen MR) is 64.2 cm³/mol. The first kappa shape index (κ1) is 11.4. The zero-order chi connectivity index (χ0) is 10.8. The fourth-order valence-electron chi connectivity index (χ4n) is 2.89. The fourth-order valence-corrected chi connectivity index (χ4v) is 2.89. The second kappa shape index (κ2) is 4.81. The summed E-state index contributed by atoms with van der Waals surface area (Å²) in [6.07, 6.45) is 2.73. The third-order valence-corrected chi connectivity index (χ3v) is 4.18. The molecule has 2 heterocycles. The average molecular weight is 211 g/mol. The summed E-state index contributed by atoms with van der Waals surface area (Å²) >= 11 is 0. The molecule has 0 amide bonds. The van der Waals surface area contributed by atoms with Gasteiger partial charge in [0.2, 0.25) is 0 Å². The topological polar surface area (TPSA) is 18.5 Å². The molecule has 0 bridgehead atoms. The van der Waals surface area contributed by atoms with Gasteiger partial charge in [-0.15, -0.1) is 0 Å². The lowest BCUT2D eigenvalue weighted by atomic mass is 10.0. The van der Waals surface area contributed by atoms with E-state index < -0.39 is 0 Å². The van der Waals surface area contributed by atoms with E-state index in [9.17, 15) is 0 Å². The Hall–Kier alpha value is -0.120. The van der Waals surface area contributed by atoms with Gasteiger partial charge in [0.25, 0.3) is 0 Å². The second-order valence-electron chi connectivity index (χ2n) is 5.32. The van der Waals surface area contributed by atoms with Gasteiger partial charge in [-0.1, -0.05) is 0 Å². The van der Waals surface area contributed by atoms with Crippen molar-refractivity contribution in [2.24, 2.45) is 0 Å². The summed E-state index contributed by atoms with van der Waals surface area (Å²) < 4.78 is 0. The molecule has 3 heteroatoms. The Morgan fingerprint density at radius 3 is 2.33 bits per heavy atom. The number of hydrogen-bond donors (Lipinski definition) is 1. The first-order valence-corrected chi connectivity index (χ1v) is 6.35. The van der Waals surface area contributed by atoms with Gasteiger partial charge in [0.1, 0.15) is 0 Å². The predicted octanol–water partition coefficient (Wildman–Crippen LogP) is 0.763. The van der Waals surface area contributed by atoms with Gasteiger partial charge in [-0.3, -0.25) is 9.80 Å². The van der Waals surface area contributed by atoms with Crippen LogP contribution in [0, 0.1) is 0 Å². The van der Waals surface area contributed by atoms with Gasteiger partial charge >= 0.3 is 0 Å². The largest absolute Gasteiger partial charge is 0.315 e. The smallest absolute Gasteiger partial charge is 0.0222 e. The van der Waals surface area contributed by atoms with Crippen LogP contribution in [0.2, 0.25) is 0 Å². The Balaban J connectivity index is 1.92. The van der Waals surface area contributed by atoms with Crippen molar-refractivity contribution < 1.29 is 0 Å². The second-order valence-corrected chi connectivity index (χ2v) is 5.32. The summed E-state index contributed by atoms with van der Waals surface area (Å²) in [4.78, 5) is 5.20. The maximum absolute atomic E-state index is 3.52. The van der Waals surface area contributed by atoms with E-state index in [1.807, 2.05) is 0 Å². The molecular formula is C12H25N3. The molecule has 0 radical (unpaired) electrons. The lowest BCUT2D eigenvalue weighted by Gasteiger charge is -2.46. The van der Waals surface area contributed by atoms with E-state index in [0.717, 1.165) is 6.04 Å². The first-order chi connectivity index (χ1) is 7.18. The van der Waals surface area contributed by atoms with Crippen LogP contribution in [0.1, 0.15) is 26.7 Å². The Bertz CT molecular complexity index is 189. The zero-order valence-electron chi connectivity index (χ0n) is 10.4. The van der Waals surface area contributed by atoms with Gasteiger partial charge in [-0.05, 0) is 40.3 Å². The molecule has 2 fully saturated rings. The van der Waals surface area contributed by atoms with E-state index >= 15 is 0 Å². The highest BCUT2D eigenvalue weighted by Gasteiger charge is 2.30. The molecule has 1 N–H and O–H groups in total. The minimum Gasteiger partial charge on any atom is -0.315 e. The van der Waals surface area contributed by atoms with Gasteiger partial charge in [0.05, 0.1) is 0 Å². The molecule has 0 aromatic heterocycles. The van der Waals surface area contributed by atoms with Crippen LogP contribution in [-0.2, 0) is 0 Å². The van der Waals surface area contributed by atoms with Crippen LogP contribution in [-0.4, -0.2) is 61.2 Å². The van der Waals surface area contributed by atoms with Crippen molar-refractivity contribution in [2.75, 3.05) is 33.2 Å². The maximum Gasteiger partial charge on any atom is 0.0222 e. The summed E-state index contributed by atoms with van der Waals surface area (Å²) in [5.41, 5.74) is 0. The minimum atomic E-state index is 0.704. The number of nitrogens with zero attached hydrogens (tertiary/aromatic N) is 2. The molecule has 3 nitrogen and oxygen atoms in total. The van der Waals surface area contributed by atoms with Gasteiger partial charge in [-0.25, -0.2) is 0 Å². The summed E-state index contributed by atoms with van der Waals surface area (Å²) in [5.74, 6) is 0. The summed E-state index contributed by atoms with van der Waals surface area (Å²) in [6, 6.07) is 2.20. The highest BCUT2D eigenvalue weighted by molar-refractivity contribution is 4.88. The molecule has 0 saturated carbocycles. The van der Waals surface area contributed by atoms with Gasteiger partial charge < -0.3 is 5.32 Å². The molecule has 0 spiro atoms. The first-order valence-electron chi connectivity index (χ1n) is 6.35. The Labute approximate surface area is 93.8 Å². The molecule has 0 aromatic rings. The molecule has 2 aliphatic rings. The van der Waals surface area contributed by atoms with Crippen molar-refractivity contribution in [3.05, 3.63) is 0 Å². The Morgan fingerprint density at radius 1 is 1.13 bits per heavy atom. The molecule has 0 aromatic carbocycles. The van der Waals surface area contributed by atoms with Crippen LogP contribution in [0.3, 0.4) is 0 Å². The average Bonchev–Trinajstić information content (AvgIpc) is 2.26. The van der Waals surface area contributed by atoms with Crippen LogP contribution in [0.25, 0.3) is 0 Å². The molecule has 3 unspecified atom stereocenters. The van der Waals surface area contributed by atoms with Crippen molar-refractivity contribution in [1.29, 1.82) is 0 Å². The van der Waals surface area contributed by atoms with E-state index in [2.05, 4.69) is 36.0 Å². The number of nitrogens with one attached hydrogen (secondary N) is 1. The monoisotopic (exact) mass is 211 g/mol. The molecule has 2 aliphatic heterocycles. The van der Waals surface area contributed by atoms with E-state index in [4.69, 9.17) is 0 Å². The SMILES string of the molecule is CC1CN(C2CCCNC2)CC(C)N1C. The quantitative estimate of drug-likeness (QED) is 0.691. The maximum atomic E-state index is 3.52. The van der Waals surface area contributed by atoms with E-state index in [1.54, 1.807) is 0 Å². The number of likely N-dealkylation sites (N-methyl/N-ethyl adjacent to an activating group) is 1. The molecule has 15 heavy (non-hydrogen) atoms. The molecular weight excluding hydrogens is 186 g/mol. The van der Waals surface area contributed by atoms with Crippen LogP contribution < -0.4 is 5.32 Å². The molecule has 3 atom stereocenters. The van der Waals surface area contributed by atoms with Crippen LogP contribution >= 0.6 is 0 Å². The van der Waals surface area contributed by atoms with Gasteiger partial charge in [0, 0.05) is 37.8 Å². The van der Waals surface area contributed by atoms with Crippen molar-refractivity contribution >= 4 is 0 Å². The standard InChI is InChI=1S/C12H25N3/c1-10-8-15(9-11(2)14(10)3)12-5-4-6-13-7-12/h10-13H,4-9H2,1-3H3. The molecule has 2 saturated heterocycles. The van der Waals surface area contributed by atoms with Crippen molar-refractivity contribution in [1.82, 2.24) is 15.1 Å². The van der Waals surface area contributed by atoms with Crippen LogP contribution in [0.15, 0.2) is 0 Å². The Morgan fingerprint density at radius 2 is 1.80 bits per heavy atom. The number of piperazine rings is 1. The highest BCUT2D eigenvalue weighted by Crippen LogP contribution is 2.18. The van der Waals surface area contributed by atoms with Crippen molar-refractivity contribution in [2.45, 2.75) is 44.8 Å². The van der Waals surface area contributed by atoms with E-state index in [-0.39, 0.29) is 0 Å². The summed E-state index contributed by atoms with van der Waals surface area (Å²) in [7, 11) is 2.26. The summed E-state index contributed by atoms with van der Waals surface area (Å²) in [6.45, 7) is 9.59. The van der Waals surface area contributed by atoms with E-state index in [1.165, 1.54) is 39.0 Å². The molecule has 2 rings (SSSR count).